The number of aliphatic imine (C=N–C) groups is 1. The summed E-state index contributed by atoms with van der Waals surface area (Å²) in [6, 6.07) is 3.74. The Hall–Kier alpha value is -2.22. The maximum atomic E-state index is 12.3. The molecule has 1 fully saturated rings. The van der Waals surface area contributed by atoms with Crippen LogP contribution < -0.4 is 10.6 Å². The van der Waals surface area contributed by atoms with Crippen LogP contribution >= 0.6 is 0 Å². The highest BCUT2D eigenvalue weighted by atomic mass is 16.6. The summed E-state index contributed by atoms with van der Waals surface area (Å²) in [5, 5.41) is 6.58. The van der Waals surface area contributed by atoms with E-state index in [4.69, 9.17) is 13.9 Å². The number of carbonyl (C=O) groups is 1. The number of guanidine groups is 1. The van der Waals surface area contributed by atoms with Crippen molar-refractivity contribution < 1.29 is 18.7 Å². The fourth-order valence-electron chi connectivity index (χ4n) is 2.76. The average Bonchev–Trinajstić information content (AvgIpc) is 3.21. The summed E-state index contributed by atoms with van der Waals surface area (Å²) in [7, 11) is 3.36. The second-order valence-corrected chi connectivity index (χ2v) is 7.24. The highest BCUT2D eigenvalue weighted by Crippen LogP contribution is 2.17. The Morgan fingerprint density at radius 2 is 2.19 bits per heavy atom. The first-order valence-electron chi connectivity index (χ1n) is 8.82. The summed E-state index contributed by atoms with van der Waals surface area (Å²) in [5.74, 6) is 1.58. The molecule has 146 valence electrons. The van der Waals surface area contributed by atoms with Crippen LogP contribution in [0.1, 0.15) is 26.5 Å². The predicted octanol–water partition coefficient (Wildman–Crippen LogP) is 1.62. The van der Waals surface area contributed by atoms with Gasteiger partial charge in [-0.15, -0.1) is 0 Å². The summed E-state index contributed by atoms with van der Waals surface area (Å²) in [6.45, 7) is 7.23. The van der Waals surface area contributed by atoms with Crippen LogP contribution in [0.3, 0.4) is 0 Å². The third kappa shape index (κ3) is 5.94. The number of ether oxygens (including phenoxy) is 2. The van der Waals surface area contributed by atoms with Crippen molar-refractivity contribution in [2.24, 2.45) is 4.99 Å². The second kappa shape index (κ2) is 8.93. The smallest absolute Gasteiger partial charge is 0.410 e. The predicted molar refractivity (Wildman–Crippen MR) is 99.3 cm³/mol. The normalized spacial score (nSPS) is 21.0. The molecule has 1 aromatic heterocycles. The number of likely N-dealkylation sites (tertiary alicyclic amines) is 1. The van der Waals surface area contributed by atoms with E-state index in [0.29, 0.717) is 25.6 Å². The molecule has 0 bridgehead atoms. The SMILES string of the molecule is CN=C(NCCc1ccco1)NC1CN(C(=O)OC(C)(C)C)C[C@@H]1OC. The Morgan fingerprint density at radius 1 is 1.42 bits per heavy atom. The molecule has 0 saturated carbocycles. The van der Waals surface area contributed by atoms with E-state index in [9.17, 15) is 4.79 Å². The molecule has 0 aromatic carbocycles. The Bertz CT molecular complexity index is 595. The van der Waals surface area contributed by atoms with E-state index in [1.165, 1.54) is 0 Å². The van der Waals surface area contributed by atoms with Gasteiger partial charge in [0.15, 0.2) is 5.96 Å². The van der Waals surface area contributed by atoms with Crippen molar-refractivity contribution in [2.45, 2.75) is 44.9 Å². The molecule has 2 heterocycles. The molecule has 1 aliphatic heterocycles. The van der Waals surface area contributed by atoms with Crippen molar-refractivity contribution >= 4 is 12.1 Å². The van der Waals surface area contributed by atoms with Gasteiger partial charge in [-0.05, 0) is 32.9 Å². The maximum absolute atomic E-state index is 12.3. The Kier molecular flexibility index (Phi) is 6.90. The van der Waals surface area contributed by atoms with E-state index in [1.54, 1.807) is 25.3 Å². The molecule has 1 amide bonds. The van der Waals surface area contributed by atoms with Gasteiger partial charge in [-0.2, -0.15) is 0 Å². The number of hydrogen-bond donors (Lipinski definition) is 2. The van der Waals surface area contributed by atoms with E-state index >= 15 is 0 Å². The fraction of sp³-hybridized carbons (Fsp3) is 0.667. The number of amides is 1. The molecule has 2 N–H and O–H groups in total. The molecule has 1 unspecified atom stereocenters. The van der Waals surface area contributed by atoms with Crippen LogP contribution in [-0.4, -0.2) is 68.5 Å². The zero-order chi connectivity index (χ0) is 19.2. The lowest BCUT2D eigenvalue weighted by molar-refractivity contribution is 0.0252. The fourth-order valence-corrected chi connectivity index (χ4v) is 2.76. The zero-order valence-electron chi connectivity index (χ0n) is 16.2. The topological polar surface area (TPSA) is 88.3 Å². The lowest BCUT2D eigenvalue weighted by atomic mass is 10.2. The first kappa shape index (κ1) is 20.1. The van der Waals surface area contributed by atoms with Crippen molar-refractivity contribution in [3.8, 4) is 0 Å². The highest BCUT2D eigenvalue weighted by molar-refractivity contribution is 5.80. The van der Waals surface area contributed by atoms with Crippen molar-refractivity contribution in [3.63, 3.8) is 0 Å². The van der Waals surface area contributed by atoms with E-state index < -0.39 is 5.60 Å². The van der Waals surface area contributed by atoms with Crippen molar-refractivity contribution in [2.75, 3.05) is 33.8 Å². The number of hydrogen-bond acceptors (Lipinski definition) is 5. The van der Waals surface area contributed by atoms with Gasteiger partial charge in [0.25, 0.3) is 0 Å². The van der Waals surface area contributed by atoms with Crippen LogP contribution in [0.2, 0.25) is 0 Å². The van der Waals surface area contributed by atoms with Crippen molar-refractivity contribution in [1.29, 1.82) is 0 Å². The van der Waals surface area contributed by atoms with E-state index in [-0.39, 0.29) is 18.2 Å². The standard InChI is InChI=1S/C18H30N4O4/c1-18(2,3)26-17(23)22-11-14(15(12-22)24-5)21-16(19-4)20-9-8-13-7-6-10-25-13/h6-7,10,14-15H,8-9,11-12H2,1-5H3,(H2,19,20,21)/t14?,15-/m0/s1. The zero-order valence-corrected chi connectivity index (χ0v) is 16.2. The summed E-state index contributed by atoms with van der Waals surface area (Å²) in [6.07, 6.45) is 1.96. The second-order valence-electron chi connectivity index (χ2n) is 7.24. The monoisotopic (exact) mass is 366 g/mol. The van der Waals surface area contributed by atoms with Gasteiger partial charge in [0, 0.05) is 33.7 Å². The van der Waals surface area contributed by atoms with Gasteiger partial charge >= 0.3 is 6.09 Å². The van der Waals surface area contributed by atoms with Gasteiger partial charge in [-0.1, -0.05) is 0 Å². The molecular weight excluding hydrogens is 336 g/mol. The molecule has 0 spiro atoms. The molecule has 1 aliphatic rings. The van der Waals surface area contributed by atoms with Crippen LogP contribution in [-0.2, 0) is 15.9 Å². The lowest BCUT2D eigenvalue weighted by Gasteiger charge is -2.24. The van der Waals surface area contributed by atoms with Gasteiger partial charge in [0.05, 0.1) is 25.0 Å². The van der Waals surface area contributed by atoms with Crippen LogP contribution in [0.15, 0.2) is 27.8 Å². The molecule has 1 saturated heterocycles. The van der Waals surface area contributed by atoms with Crippen LogP contribution in [0.4, 0.5) is 4.79 Å². The van der Waals surface area contributed by atoms with Crippen LogP contribution in [0, 0.1) is 0 Å². The van der Waals surface area contributed by atoms with E-state index in [1.807, 2.05) is 32.9 Å². The first-order valence-corrected chi connectivity index (χ1v) is 8.82. The minimum Gasteiger partial charge on any atom is -0.469 e. The Labute approximate surface area is 154 Å². The van der Waals surface area contributed by atoms with Gasteiger partial charge in [-0.3, -0.25) is 4.99 Å². The third-order valence-electron chi connectivity index (χ3n) is 4.01. The van der Waals surface area contributed by atoms with Gasteiger partial charge < -0.3 is 29.4 Å². The largest absolute Gasteiger partial charge is 0.469 e. The lowest BCUT2D eigenvalue weighted by Crippen LogP contribution is -2.49. The molecule has 2 rings (SSSR count). The number of nitrogens with one attached hydrogen (secondary N) is 2. The van der Waals surface area contributed by atoms with Crippen LogP contribution in [0.25, 0.3) is 0 Å². The van der Waals surface area contributed by atoms with Gasteiger partial charge in [0.2, 0.25) is 0 Å². The minimum atomic E-state index is -0.519. The molecule has 0 radical (unpaired) electrons. The summed E-state index contributed by atoms with van der Waals surface area (Å²) < 4.78 is 16.3. The van der Waals surface area contributed by atoms with E-state index in [0.717, 1.165) is 12.2 Å². The average molecular weight is 366 g/mol. The number of nitrogens with zero attached hydrogens (tertiary/aromatic N) is 2. The summed E-state index contributed by atoms with van der Waals surface area (Å²) >= 11 is 0. The molecule has 2 atom stereocenters. The number of methoxy groups -OCH3 is 1. The molecular formula is C18H30N4O4. The first-order chi connectivity index (χ1) is 12.3. The minimum absolute atomic E-state index is 0.0673. The summed E-state index contributed by atoms with van der Waals surface area (Å²) in [5.41, 5.74) is -0.519. The van der Waals surface area contributed by atoms with Crippen molar-refractivity contribution in [3.05, 3.63) is 24.2 Å². The Balaban J connectivity index is 1.86. The molecule has 26 heavy (non-hydrogen) atoms. The number of furan rings is 1. The van der Waals surface area contributed by atoms with Gasteiger partial charge in [0.1, 0.15) is 11.4 Å². The summed E-state index contributed by atoms with van der Waals surface area (Å²) in [4.78, 5) is 18.2. The van der Waals surface area contributed by atoms with Crippen molar-refractivity contribution in [1.82, 2.24) is 15.5 Å². The third-order valence-corrected chi connectivity index (χ3v) is 4.01. The molecule has 8 heteroatoms. The quantitative estimate of drug-likeness (QED) is 0.608. The van der Waals surface area contributed by atoms with E-state index in [2.05, 4.69) is 15.6 Å². The molecule has 8 nitrogen and oxygen atoms in total. The molecule has 0 aliphatic carbocycles. The highest BCUT2D eigenvalue weighted by Gasteiger charge is 2.37. The van der Waals surface area contributed by atoms with Gasteiger partial charge in [-0.25, -0.2) is 4.79 Å². The van der Waals surface area contributed by atoms with Crippen LogP contribution in [0.5, 0.6) is 0 Å². The molecule has 1 aromatic rings. The maximum Gasteiger partial charge on any atom is 0.410 e. The Morgan fingerprint density at radius 3 is 2.77 bits per heavy atom. The number of rotatable bonds is 5. The number of carbonyl (C=O) groups excluding carboxylic acids is 1.